The summed E-state index contributed by atoms with van der Waals surface area (Å²) >= 11 is 0. The van der Waals surface area contributed by atoms with E-state index in [9.17, 15) is 8.42 Å². The maximum atomic E-state index is 12.5. The van der Waals surface area contributed by atoms with E-state index in [0.717, 1.165) is 5.56 Å². The Kier molecular flexibility index (Phi) is 4.92. The van der Waals surface area contributed by atoms with Gasteiger partial charge in [0.1, 0.15) is 10.6 Å². The van der Waals surface area contributed by atoms with Crippen LogP contribution in [0.3, 0.4) is 0 Å². The van der Waals surface area contributed by atoms with Gasteiger partial charge in [-0.1, -0.05) is 6.07 Å². The van der Waals surface area contributed by atoms with Crippen LogP contribution >= 0.6 is 0 Å². The van der Waals surface area contributed by atoms with Crippen molar-refractivity contribution in [1.29, 1.82) is 5.26 Å². The molecule has 0 amide bonds. The van der Waals surface area contributed by atoms with E-state index < -0.39 is 10.0 Å². The second-order valence-corrected chi connectivity index (χ2v) is 6.48. The number of hydrogen-bond donors (Lipinski definition) is 0. The van der Waals surface area contributed by atoms with Crippen LogP contribution in [-0.2, 0) is 10.0 Å². The van der Waals surface area contributed by atoms with Gasteiger partial charge in [-0.15, -0.1) is 0 Å². The van der Waals surface area contributed by atoms with Crippen molar-refractivity contribution in [3.05, 3.63) is 23.8 Å². The van der Waals surface area contributed by atoms with Crippen LogP contribution in [0, 0.1) is 24.2 Å². The zero-order valence-corrected chi connectivity index (χ0v) is 12.4. The van der Waals surface area contributed by atoms with Gasteiger partial charge in [0.25, 0.3) is 0 Å². The van der Waals surface area contributed by atoms with Crippen LogP contribution in [-0.4, -0.2) is 33.4 Å². The summed E-state index contributed by atoms with van der Waals surface area (Å²) in [5.74, 6) is -0.0577. The van der Waals surface area contributed by atoms with Gasteiger partial charge in [0, 0.05) is 13.6 Å². The maximum absolute atomic E-state index is 12.5. The Morgan fingerprint density at radius 2 is 2.11 bits per heavy atom. The SMILES string of the molecule is COc1ccc(C)cc1S(=O)(=O)N(C)CC(C)C#N. The van der Waals surface area contributed by atoms with E-state index >= 15 is 0 Å². The van der Waals surface area contributed by atoms with E-state index in [1.54, 1.807) is 25.1 Å². The highest BCUT2D eigenvalue weighted by Crippen LogP contribution is 2.27. The molecule has 0 radical (unpaired) electrons. The van der Waals surface area contributed by atoms with E-state index in [2.05, 4.69) is 0 Å². The van der Waals surface area contributed by atoms with Crippen molar-refractivity contribution in [3.8, 4) is 11.8 Å². The Hall–Kier alpha value is -1.58. The quantitative estimate of drug-likeness (QED) is 0.825. The topological polar surface area (TPSA) is 70.4 Å². The number of nitrogens with zero attached hydrogens (tertiary/aromatic N) is 2. The van der Waals surface area contributed by atoms with Crippen LogP contribution in [0.2, 0.25) is 0 Å². The fourth-order valence-corrected chi connectivity index (χ4v) is 3.17. The molecule has 0 aliphatic heterocycles. The Labute approximate surface area is 114 Å². The fraction of sp³-hybridized carbons (Fsp3) is 0.462. The molecule has 1 unspecified atom stereocenters. The molecule has 0 aliphatic carbocycles. The van der Waals surface area contributed by atoms with Crippen molar-refractivity contribution < 1.29 is 13.2 Å². The van der Waals surface area contributed by atoms with Gasteiger partial charge in [0.2, 0.25) is 10.0 Å². The van der Waals surface area contributed by atoms with Gasteiger partial charge < -0.3 is 4.74 Å². The third-order valence-corrected chi connectivity index (χ3v) is 4.60. The normalized spacial score (nSPS) is 13.1. The molecule has 1 aromatic carbocycles. The highest BCUT2D eigenvalue weighted by atomic mass is 32.2. The van der Waals surface area contributed by atoms with Crippen molar-refractivity contribution in [2.24, 2.45) is 5.92 Å². The highest BCUT2D eigenvalue weighted by Gasteiger charge is 2.26. The standard InChI is InChI=1S/C13H18N2O3S/c1-10-5-6-12(18-4)13(7-10)19(16,17)15(3)9-11(2)8-14/h5-7,11H,9H2,1-4H3. The predicted molar refractivity (Wildman–Crippen MR) is 72.3 cm³/mol. The lowest BCUT2D eigenvalue weighted by Crippen LogP contribution is -2.31. The average Bonchev–Trinajstić information content (AvgIpc) is 2.38. The van der Waals surface area contributed by atoms with Crippen LogP contribution < -0.4 is 4.74 Å². The fourth-order valence-electron chi connectivity index (χ4n) is 1.68. The maximum Gasteiger partial charge on any atom is 0.246 e. The number of hydrogen-bond acceptors (Lipinski definition) is 4. The minimum absolute atomic E-state index is 0.127. The zero-order chi connectivity index (χ0) is 14.6. The van der Waals surface area contributed by atoms with Crippen LogP contribution in [0.1, 0.15) is 12.5 Å². The molecule has 0 spiro atoms. The van der Waals surface area contributed by atoms with E-state index in [1.165, 1.54) is 18.5 Å². The van der Waals surface area contributed by atoms with Crippen LogP contribution in [0.4, 0.5) is 0 Å². The molecule has 6 heteroatoms. The van der Waals surface area contributed by atoms with Gasteiger partial charge in [0.05, 0.1) is 19.1 Å². The van der Waals surface area contributed by atoms with Gasteiger partial charge in [0.15, 0.2) is 0 Å². The molecule has 5 nitrogen and oxygen atoms in total. The smallest absolute Gasteiger partial charge is 0.246 e. The summed E-state index contributed by atoms with van der Waals surface area (Å²) in [6, 6.07) is 7.01. The van der Waals surface area contributed by atoms with Gasteiger partial charge in [-0.05, 0) is 31.5 Å². The number of sulfonamides is 1. The first kappa shape index (κ1) is 15.5. The number of aryl methyl sites for hydroxylation is 1. The molecule has 0 aliphatic rings. The summed E-state index contributed by atoms with van der Waals surface area (Å²) in [6.45, 7) is 3.64. The minimum atomic E-state index is -3.65. The van der Waals surface area contributed by atoms with Gasteiger partial charge in [-0.3, -0.25) is 0 Å². The van der Waals surface area contributed by atoms with Gasteiger partial charge in [-0.2, -0.15) is 9.57 Å². The number of benzene rings is 1. The number of rotatable bonds is 5. The van der Waals surface area contributed by atoms with Crippen molar-refractivity contribution in [1.82, 2.24) is 4.31 Å². The third-order valence-electron chi connectivity index (χ3n) is 2.76. The first-order valence-electron chi connectivity index (χ1n) is 5.83. The summed E-state index contributed by atoms with van der Waals surface area (Å²) < 4.78 is 31.2. The molecule has 104 valence electrons. The minimum Gasteiger partial charge on any atom is -0.495 e. The summed E-state index contributed by atoms with van der Waals surface area (Å²) in [6.07, 6.45) is 0. The molecule has 0 fully saturated rings. The van der Waals surface area contributed by atoms with Crippen molar-refractivity contribution >= 4 is 10.0 Å². The molecule has 0 bridgehead atoms. The van der Waals surface area contributed by atoms with Gasteiger partial charge in [-0.25, -0.2) is 8.42 Å². The van der Waals surface area contributed by atoms with Gasteiger partial charge >= 0.3 is 0 Å². The van der Waals surface area contributed by atoms with Crippen molar-refractivity contribution in [3.63, 3.8) is 0 Å². The van der Waals surface area contributed by atoms with Crippen molar-refractivity contribution in [2.45, 2.75) is 18.7 Å². The molecule has 0 saturated heterocycles. The Morgan fingerprint density at radius 1 is 1.47 bits per heavy atom. The number of methoxy groups -OCH3 is 1. The predicted octanol–water partition coefficient (Wildman–Crippen LogP) is 1.78. The third kappa shape index (κ3) is 3.46. The molecule has 19 heavy (non-hydrogen) atoms. The Morgan fingerprint density at radius 3 is 2.63 bits per heavy atom. The molecule has 1 aromatic rings. The zero-order valence-electron chi connectivity index (χ0n) is 11.5. The van der Waals surface area contributed by atoms with Crippen LogP contribution in [0.25, 0.3) is 0 Å². The summed E-state index contributed by atoms with van der Waals surface area (Å²) in [4.78, 5) is 0.127. The molecule has 0 saturated carbocycles. The van der Waals surface area contributed by atoms with E-state index in [1.807, 2.05) is 13.0 Å². The molecule has 1 rings (SSSR count). The lowest BCUT2D eigenvalue weighted by atomic mass is 10.2. The summed E-state index contributed by atoms with van der Waals surface area (Å²) in [5, 5.41) is 8.77. The van der Waals surface area contributed by atoms with Crippen LogP contribution in [0.15, 0.2) is 23.1 Å². The number of nitriles is 1. The molecule has 1 atom stereocenters. The highest BCUT2D eigenvalue weighted by molar-refractivity contribution is 7.89. The number of ether oxygens (including phenoxy) is 1. The first-order chi connectivity index (χ1) is 8.82. The summed E-state index contributed by atoms with van der Waals surface area (Å²) in [7, 11) is -0.757. The van der Waals surface area contributed by atoms with E-state index in [0.29, 0.717) is 5.75 Å². The largest absolute Gasteiger partial charge is 0.495 e. The van der Waals surface area contributed by atoms with E-state index in [-0.39, 0.29) is 17.4 Å². The molecule has 0 N–H and O–H groups in total. The lowest BCUT2D eigenvalue weighted by Gasteiger charge is -2.20. The summed E-state index contributed by atoms with van der Waals surface area (Å²) in [5.41, 5.74) is 0.834. The molecular formula is C13H18N2O3S. The van der Waals surface area contributed by atoms with Crippen molar-refractivity contribution in [2.75, 3.05) is 20.7 Å². The van der Waals surface area contributed by atoms with Crippen LogP contribution in [0.5, 0.6) is 5.75 Å². The first-order valence-corrected chi connectivity index (χ1v) is 7.27. The second-order valence-electron chi connectivity index (χ2n) is 4.47. The van der Waals surface area contributed by atoms with E-state index in [4.69, 9.17) is 10.00 Å². The Balaban J connectivity index is 3.20. The Bertz CT molecular complexity index is 590. The monoisotopic (exact) mass is 282 g/mol. The lowest BCUT2D eigenvalue weighted by molar-refractivity contribution is 0.395. The average molecular weight is 282 g/mol. The molecule has 0 aromatic heterocycles. The second kappa shape index (κ2) is 6.04. The molecular weight excluding hydrogens is 264 g/mol. The molecule has 0 heterocycles.